The van der Waals surface area contributed by atoms with Gasteiger partial charge in [0.15, 0.2) is 0 Å². The maximum atomic E-state index is 11.4. The van der Waals surface area contributed by atoms with Gasteiger partial charge in [-0.1, -0.05) is 29.8 Å². The Morgan fingerprint density at radius 2 is 1.94 bits per heavy atom. The summed E-state index contributed by atoms with van der Waals surface area (Å²) in [6, 6.07) is 7.91. The molecule has 18 heavy (non-hydrogen) atoms. The molecule has 1 aromatic carbocycles. The summed E-state index contributed by atoms with van der Waals surface area (Å²) >= 11 is 0. The van der Waals surface area contributed by atoms with Crippen molar-refractivity contribution in [3.05, 3.63) is 35.4 Å². The van der Waals surface area contributed by atoms with E-state index in [0.717, 1.165) is 17.4 Å². The van der Waals surface area contributed by atoms with Crippen LogP contribution in [0.3, 0.4) is 0 Å². The van der Waals surface area contributed by atoms with Gasteiger partial charge in [-0.2, -0.15) is 0 Å². The van der Waals surface area contributed by atoms with Gasteiger partial charge in [-0.05, 0) is 31.2 Å². The quantitative estimate of drug-likeness (QED) is 0.787. The predicted octanol–water partition coefficient (Wildman–Crippen LogP) is 2.10. The van der Waals surface area contributed by atoms with Gasteiger partial charge in [-0.3, -0.25) is 0 Å². The SMILES string of the molecule is Cc1cccc(C(C=O)C2CCS(=O)(=O)CC2)c1. The lowest BCUT2D eigenvalue weighted by Gasteiger charge is -2.27. The van der Waals surface area contributed by atoms with Crippen LogP contribution in [0.5, 0.6) is 0 Å². The second-order valence-electron chi connectivity index (χ2n) is 5.07. The van der Waals surface area contributed by atoms with Crippen molar-refractivity contribution in [1.29, 1.82) is 0 Å². The third-order valence-corrected chi connectivity index (χ3v) is 5.40. The van der Waals surface area contributed by atoms with E-state index < -0.39 is 9.84 Å². The molecule has 1 aliphatic heterocycles. The van der Waals surface area contributed by atoms with Gasteiger partial charge in [0.05, 0.1) is 11.5 Å². The van der Waals surface area contributed by atoms with E-state index in [0.29, 0.717) is 12.8 Å². The summed E-state index contributed by atoms with van der Waals surface area (Å²) in [5.74, 6) is 0.426. The Labute approximate surface area is 108 Å². The van der Waals surface area contributed by atoms with Gasteiger partial charge < -0.3 is 4.79 Å². The fourth-order valence-corrected chi connectivity index (χ4v) is 4.13. The zero-order chi connectivity index (χ0) is 13.2. The van der Waals surface area contributed by atoms with Crippen LogP contribution < -0.4 is 0 Å². The molecule has 1 heterocycles. The summed E-state index contributed by atoms with van der Waals surface area (Å²) in [6.45, 7) is 2.00. The van der Waals surface area contributed by atoms with Crippen molar-refractivity contribution in [3.63, 3.8) is 0 Å². The number of hydrogen-bond donors (Lipinski definition) is 0. The molecular weight excluding hydrogens is 248 g/mol. The summed E-state index contributed by atoms with van der Waals surface area (Å²) in [5.41, 5.74) is 2.14. The predicted molar refractivity (Wildman–Crippen MR) is 71.4 cm³/mol. The number of aldehydes is 1. The Balaban J connectivity index is 2.17. The summed E-state index contributed by atoms with van der Waals surface area (Å²) in [5, 5.41) is 0. The molecule has 4 heteroatoms. The van der Waals surface area contributed by atoms with Crippen molar-refractivity contribution in [2.24, 2.45) is 5.92 Å². The van der Waals surface area contributed by atoms with Crippen LogP contribution in [0.25, 0.3) is 0 Å². The highest BCUT2D eigenvalue weighted by atomic mass is 32.2. The minimum absolute atomic E-state index is 0.160. The van der Waals surface area contributed by atoms with Crippen LogP contribution in [-0.4, -0.2) is 26.2 Å². The van der Waals surface area contributed by atoms with E-state index >= 15 is 0 Å². The van der Waals surface area contributed by atoms with Gasteiger partial charge in [-0.15, -0.1) is 0 Å². The van der Waals surface area contributed by atoms with Crippen LogP contribution in [0.1, 0.15) is 29.9 Å². The molecule has 1 saturated heterocycles. The highest BCUT2D eigenvalue weighted by Gasteiger charge is 2.30. The van der Waals surface area contributed by atoms with E-state index in [-0.39, 0.29) is 23.3 Å². The zero-order valence-electron chi connectivity index (χ0n) is 10.5. The van der Waals surface area contributed by atoms with Gasteiger partial charge in [0.1, 0.15) is 16.1 Å². The topological polar surface area (TPSA) is 51.2 Å². The molecule has 1 aromatic rings. The maximum Gasteiger partial charge on any atom is 0.150 e. The second-order valence-corrected chi connectivity index (χ2v) is 7.37. The molecule has 0 amide bonds. The Kier molecular flexibility index (Phi) is 3.85. The molecular formula is C14H18O3S. The van der Waals surface area contributed by atoms with E-state index in [1.807, 2.05) is 31.2 Å². The molecule has 1 aliphatic rings. The minimum Gasteiger partial charge on any atom is -0.303 e. The Morgan fingerprint density at radius 1 is 1.28 bits per heavy atom. The van der Waals surface area contributed by atoms with Gasteiger partial charge in [0.25, 0.3) is 0 Å². The lowest BCUT2D eigenvalue weighted by atomic mass is 9.83. The average Bonchev–Trinajstić information content (AvgIpc) is 2.32. The molecule has 0 bridgehead atoms. The second kappa shape index (κ2) is 5.22. The molecule has 0 radical (unpaired) electrons. The molecule has 0 aromatic heterocycles. The monoisotopic (exact) mass is 266 g/mol. The van der Waals surface area contributed by atoms with Gasteiger partial charge in [-0.25, -0.2) is 8.42 Å². The molecule has 0 N–H and O–H groups in total. The molecule has 3 nitrogen and oxygen atoms in total. The van der Waals surface area contributed by atoms with Gasteiger partial charge in [0.2, 0.25) is 0 Å². The number of sulfone groups is 1. The van der Waals surface area contributed by atoms with Crippen LogP contribution in [0.4, 0.5) is 0 Å². The third kappa shape index (κ3) is 2.99. The van der Waals surface area contributed by atoms with Crippen LogP contribution in [0, 0.1) is 12.8 Å². The van der Waals surface area contributed by atoms with E-state index in [1.54, 1.807) is 0 Å². The first-order chi connectivity index (χ1) is 8.52. The molecule has 2 rings (SSSR count). The van der Waals surface area contributed by atoms with Crippen molar-refractivity contribution in [2.75, 3.05) is 11.5 Å². The molecule has 1 unspecified atom stereocenters. The first-order valence-corrected chi connectivity index (χ1v) is 8.06. The standard InChI is InChI=1S/C14H18O3S/c1-11-3-2-4-13(9-11)14(10-15)12-5-7-18(16,17)8-6-12/h2-4,9-10,12,14H,5-8H2,1H3. The van der Waals surface area contributed by atoms with Crippen molar-refractivity contribution in [3.8, 4) is 0 Å². The fourth-order valence-electron chi connectivity index (χ4n) is 2.61. The first-order valence-electron chi connectivity index (χ1n) is 6.24. The highest BCUT2D eigenvalue weighted by molar-refractivity contribution is 7.91. The minimum atomic E-state index is -2.86. The summed E-state index contributed by atoms with van der Waals surface area (Å²) < 4.78 is 22.8. The smallest absolute Gasteiger partial charge is 0.150 e. The molecule has 98 valence electrons. The van der Waals surface area contributed by atoms with Gasteiger partial charge in [0, 0.05) is 5.92 Å². The number of hydrogen-bond acceptors (Lipinski definition) is 3. The summed E-state index contributed by atoms with van der Waals surface area (Å²) in [6.07, 6.45) is 2.16. The number of carbonyl (C=O) groups excluding carboxylic acids is 1. The fraction of sp³-hybridized carbons (Fsp3) is 0.500. The van der Waals surface area contributed by atoms with Crippen LogP contribution in [-0.2, 0) is 14.6 Å². The zero-order valence-corrected chi connectivity index (χ0v) is 11.3. The first kappa shape index (κ1) is 13.3. The summed E-state index contributed by atoms with van der Waals surface area (Å²) in [7, 11) is -2.86. The Hall–Kier alpha value is -1.16. The third-order valence-electron chi connectivity index (χ3n) is 3.68. The van der Waals surface area contributed by atoms with Crippen molar-refractivity contribution in [2.45, 2.75) is 25.7 Å². The van der Waals surface area contributed by atoms with Crippen LogP contribution in [0.2, 0.25) is 0 Å². The van der Waals surface area contributed by atoms with Crippen LogP contribution >= 0.6 is 0 Å². The number of aryl methyl sites for hydroxylation is 1. The van der Waals surface area contributed by atoms with Crippen molar-refractivity contribution in [1.82, 2.24) is 0 Å². The van der Waals surface area contributed by atoms with E-state index in [2.05, 4.69) is 0 Å². The summed E-state index contributed by atoms with van der Waals surface area (Å²) in [4.78, 5) is 11.3. The number of benzene rings is 1. The molecule has 1 atom stereocenters. The Morgan fingerprint density at radius 3 is 2.50 bits per heavy atom. The number of carbonyl (C=O) groups is 1. The highest BCUT2D eigenvalue weighted by Crippen LogP contribution is 2.32. The van der Waals surface area contributed by atoms with Crippen molar-refractivity contribution < 1.29 is 13.2 Å². The molecule has 0 aliphatic carbocycles. The largest absolute Gasteiger partial charge is 0.303 e. The maximum absolute atomic E-state index is 11.4. The normalized spacial score (nSPS) is 21.4. The Bertz CT molecular complexity index is 520. The van der Waals surface area contributed by atoms with Gasteiger partial charge >= 0.3 is 0 Å². The molecule has 0 spiro atoms. The number of rotatable bonds is 3. The lowest BCUT2D eigenvalue weighted by Crippen LogP contribution is -2.27. The molecule has 1 fully saturated rings. The van der Waals surface area contributed by atoms with Crippen LogP contribution in [0.15, 0.2) is 24.3 Å². The average molecular weight is 266 g/mol. The molecule has 0 saturated carbocycles. The van der Waals surface area contributed by atoms with Crippen molar-refractivity contribution >= 4 is 16.1 Å². The van der Waals surface area contributed by atoms with E-state index in [4.69, 9.17) is 0 Å². The van der Waals surface area contributed by atoms with E-state index in [1.165, 1.54) is 0 Å². The lowest BCUT2D eigenvalue weighted by molar-refractivity contribution is -0.110. The van der Waals surface area contributed by atoms with E-state index in [9.17, 15) is 13.2 Å².